The van der Waals surface area contributed by atoms with Gasteiger partial charge in [0.15, 0.2) is 0 Å². The van der Waals surface area contributed by atoms with E-state index in [9.17, 15) is 4.79 Å². The molecule has 0 radical (unpaired) electrons. The van der Waals surface area contributed by atoms with Crippen molar-refractivity contribution in [3.05, 3.63) is 71.4 Å². The topological polar surface area (TPSA) is 74.8 Å². The second kappa shape index (κ2) is 8.39. The molecule has 162 valence electrons. The van der Waals surface area contributed by atoms with Crippen molar-refractivity contribution >= 4 is 28.7 Å². The molecule has 0 spiro atoms. The molecular formula is C25H25N5OS. The molecule has 1 fully saturated rings. The van der Waals surface area contributed by atoms with Gasteiger partial charge in [0.2, 0.25) is 0 Å². The molecule has 1 atom stereocenters. The van der Waals surface area contributed by atoms with Gasteiger partial charge in [0.1, 0.15) is 12.2 Å². The smallest absolute Gasteiger partial charge is 0.258 e. The largest absolute Gasteiger partial charge is 0.339 e. The average molecular weight is 444 g/mol. The predicted octanol–water partition coefficient (Wildman–Crippen LogP) is 5.34. The van der Waals surface area contributed by atoms with Crippen molar-refractivity contribution in [2.75, 3.05) is 12.8 Å². The van der Waals surface area contributed by atoms with E-state index in [1.807, 2.05) is 23.1 Å². The van der Waals surface area contributed by atoms with Crippen LogP contribution in [0.1, 0.15) is 46.2 Å². The molecule has 6 nitrogen and oxygen atoms in total. The highest BCUT2D eigenvalue weighted by Crippen LogP contribution is 2.35. The summed E-state index contributed by atoms with van der Waals surface area (Å²) in [5.74, 6) is 0.795. The maximum absolute atomic E-state index is 13.7. The van der Waals surface area contributed by atoms with E-state index in [2.05, 4.69) is 53.3 Å². The molecule has 2 aromatic heterocycles. The van der Waals surface area contributed by atoms with Crippen molar-refractivity contribution in [2.24, 2.45) is 0 Å². The summed E-state index contributed by atoms with van der Waals surface area (Å²) < 4.78 is 0. The number of carbonyl (C=O) groups excluding carboxylic acids is 1. The fourth-order valence-corrected chi connectivity index (χ4v) is 4.98. The summed E-state index contributed by atoms with van der Waals surface area (Å²) in [7, 11) is 0. The number of likely N-dealkylation sites (tertiary alicyclic amines) is 1. The molecule has 3 heterocycles. The van der Waals surface area contributed by atoms with Gasteiger partial charge >= 0.3 is 0 Å². The van der Waals surface area contributed by atoms with E-state index in [1.54, 1.807) is 18.0 Å². The molecule has 1 saturated heterocycles. The van der Waals surface area contributed by atoms with E-state index in [0.717, 1.165) is 40.2 Å². The van der Waals surface area contributed by atoms with Crippen molar-refractivity contribution in [3.8, 4) is 11.3 Å². The summed E-state index contributed by atoms with van der Waals surface area (Å²) in [4.78, 5) is 33.8. The quantitative estimate of drug-likeness (QED) is 0.431. The third-order valence-corrected chi connectivity index (χ3v) is 7.05. The second-order valence-corrected chi connectivity index (χ2v) is 9.07. The Kier molecular flexibility index (Phi) is 5.43. The monoisotopic (exact) mass is 443 g/mol. The minimum atomic E-state index is -0.0857. The summed E-state index contributed by atoms with van der Waals surface area (Å²) in [5.41, 5.74) is 6.49. The number of aryl methyl sites for hydroxylation is 2. The Balaban J connectivity index is 1.52. The van der Waals surface area contributed by atoms with Crippen LogP contribution >= 0.6 is 11.8 Å². The minimum absolute atomic E-state index is 0.0492. The number of aromatic nitrogens is 4. The summed E-state index contributed by atoms with van der Waals surface area (Å²) in [6.07, 6.45) is 7.03. The third kappa shape index (κ3) is 3.56. The van der Waals surface area contributed by atoms with Crippen LogP contribution in [0.15, 0.2) is 53.8 Å². The molecule has 0 saturated carbocycles. The van der Waals surface area contributed by atoms with Crippen LogP contribution in [0.2, 0.25) is 0 Å². The van der Waals surface area contributed by atoms with Crippen molar-refractivity contribution in [2.45, 2.75) is 37.6 Å². The molecule has 1 aliphatic rings. The maximum atomic E-state index is 13.7. The number of hydrogen-bond acceptors (Lipinski definition) is 5. The Labute approximate surface area is 191 Å². The maximum Gasteiger partial charge on any atom is 0.258 e. The highest BCUT2D eigenvalue weighted by atomic mass is 32.2. The summed E-state index contributed by atoms with van der Waals surface area (Å²) in [6.45, 7) is 4.84. The van der Waals surface area contributed by atoms with Gasteiger partial charge in [-0.05, 0) is 62.3 Å². The first-order chi connectivity index (χ1) is 15.6. The Morgan fingerprint density at radius 1 is 1.19 bits per heavy atom. The van der Waals surface area contributed by atoms with Crippen LogP contribution in [0, 0.1) is 13.8 Å². The van der Waals surface area contributed by atoms with Gasteiger partial charge in [0.05, 0.1) is 28.3 Å². The molecule has 4 aromatic rings. The van der Waals surface area contributed by atoms with Crippen molar-refractivity contribution in [3.63, 3.8) is 0 Å². The summed E-state index contributed by atoms with van der Waals surface area (Å²) >= 11 is 1.69. The van der Waals surface area contributed by atoms with Gasteiger partial charge in [0, 0.05) is 23.2 Å². The molecule has 7 heteroatoms. The van der Waals surface area contributed by atoms with Gasteiger partial charge in [-0.1, -0.05) is 18.2 Å². The van der Waals surface area contributed by atoms with E-state index in [4.69, 9.17) is 4.98 Å². The number of hydrogen-bond donors (Lipinski definition) is 1. The van der Waals surface area contributed by atoms with Gasteiger partial charge in [-0.15, -0.1) is 11.8 Å². The minimum Gasteiger partial charge on any atom is -0.339 e. The molecule has 1 unspecified atom stereocenters. The first-order valence-corrected chi connectivity index (χ1v) is 12.0. The van der Waals surface area contributed by atoms with Crippen molar-refractivity contribution in [1.29, 1.82) is 0 Å². The number of para-hydroxylation sites is 1. The predicted molar refractivity (Wildman–Crippen MR) is 128 cm³/mol. The lowest BCUT2D eigenvalue weighted by Gasteiger charge is -2.24. The number of carbonyl (C=O) groups is 1. The highest BCUT2D eigenvalue weighted by molar-refractivity contribution is 7.98. The number of nitrogens with zero attached hydrogens (tertiary/aromatic N) is 4. The van der Waals surface area contributed by atoms with E-state index in [0.29, 0.717) is 17.8 Å². The second-order valence-electron chi connectivity index (χ2n) is 8.22. The molecular weight excluding hydrogens is 418 g/mol. The Hall–Kier alpha value is -3.19. The zero-order valence-corrected chi connectivity index (χ0v) is 19.2. The van der Waals surface area contributed by atoms with Gasteiger partial charge < -0.3 is 9.88 Å². The Bertz CT molecular complexity index is 1310. The number of benzene rings is 2. The lowest BCUT2D eigenvalue weighted by Crippen LogP contribution is -2.31. The van der Waals surface area contributed by atoms with Crippen LogP contribution in [-0.2, 0) is 0 Å². The van der Waals surface area contributed by atoms with Gasteiger partial charge in [-0.2, -0.15) is 0 Å². The lowest BCUT2D eigenvalue weighted by atomic mass is 10.0. The van der Waals surface area contributed by atoms with Crippen LogP contribution in [0.3, 0.4) is 0 Å². The van der Waals surface area contributed by atoms with E-state index < -0.39 is 0 Å². The lowest BCUT2D eigenvalue weighted by molar-refractivity contribution is 0.0730. The number of aromatic amines is 1. The standard InChI is InChI=1S/C25H25N5OS/c1-15-9-10-17(12-16(15)2)22-18(13-26-14-27-22)25(31)30-11-5-7-20(30)24-28-19-6-4-8-21(32-3)23(19)29-24/h4,6,8-10,12-14,20H,5,7,11H2,1-3H3,(H,28,29). The SMILES string of the molecule is CSc1cccc2nc(C3CCCN3C(=O)c3cncnc3-c3ccc(C)c(C)c3)[nH]c12. The van der Waals surface area contributed by atoms with E-state index in [1.165, 1.54) is 17.5 Å². The van der Waals surface area contributed by atoms with Crippen molar-refractivity contribution in [1.82, 2.24) is 24.8 Å². The highest BCUT2D eigenvalue weighted by Gasteiger charge is 2.34. The zero-order chi connectivity index (χ0) is 22.2. The molecule has 32 heavy (non-hydrogen) atoms. The Morgan fingerprint density at radius 2 is 2.06 bits per heavy atom. The third-order valence-electron chi connectivity index (χ3n) is 6.27. The molecule has 5 rings (SSSR count). The van der Waals surface area contributed by atoms with E-state index >= 15 is 0 Å². The molecule has 1 aliphatic heterocycles. The number of imidazole rings is 1. The molecule has 2 aromatic carbocycles. The number of amides is 1. The number of nitrogens with one attached hydrogen (secondary N) is 1. The molecule has 1 N–H and O–H groups in total. The first kappa shape index (κ1) is 20.7. The van der Waals surface area contributed by atoms with Gasteiger partial charge in [-0.3, -0.25) is 4.79 Å². The number of rotatable bonds is 4. The number of fused-ring (bicyclic) bond motifs is 1. The van der Waals surface area contributed by atoms with Crippen LogP contribution in [-0.4, -0.2) is 43.5 Å². The summed E-state index contributed by atoms with van der Waals surface area (Å²) in [6, 6.07) is 12.2. The number of H-pyrrole nitrogens is 1. The number of thioether (sulfide) groups is 1. The normalized spacial score (nSPS) is 16.1. The summed E-state index contributed by atoms with van der Waals surface area (Å²) in [5, 5.41) is 0. The fraction of sp³-hybridized carbons (Fsp3) is 0.280. The first-order valence-electron chi connectivity index (χ1n) is 10.8. The van der Waals surface area contributed by atoms with Crippen molar-refractivity contribution < 1.29 is 4.79 Å². The van der Waals surface area contributed by atoms with Gasteiger partial charge in [0.25, 0.3) is 5.91 Å². The van der Waals surface area contributed by atoms with Gasteiger partial charge in [-0.25, -0.2) is 15.0 Å². The molecule has 0 aliphatic carbocycles. The Morgan fingerprint density at radius 3 is 2.88 bits per heavy atom. The van der Waals surface area contributed by atoms with E-state index in [-0.39, 0.29) is 11.9 Å². The molecule has 1 amide bonds. The van der Waals surface area contributed by atoms with Crippen LogP contribution in [0.5, 0.6) is 0 Å². The fourth-order valence-electron chi connectivity index (χ4n) is 4.41. The van der Waals surface area contributed by atoms with Crippen LogP contribution in [0.4, 0.5) is 0 Å². The molecule has 0 bridgehead atoms. The van der Waals surface area contributed by atoms with Crippen LogP contribution < -0.4 is 0 Å². The average Bonchev–Trinajstić information content (AvgIpc) is 3.47. The van der Waals surface area contributed by atoms with Crippen LogP contribution in [0.25, 0.3) is 22.3 Å². The zero-order valence-electron chi connectivity index (χ0n) is 18.4.